The first-order valence-electron chi connectivity index (χ1n) is 7.88. The highest BCUT2D eigenvalue weighted by molar-refractivity contribution is 7.11. The van der Waals surface area contributed by atoms with Crippen LogP contribution in [0, 0.1) is 5.92 Å². The summed E-state index contributed by atoms with van der Waals surface area (Å²) < 4.78 is 0. The van der Waals surface area contributed by atoms with Crippen molar-refractivity contribution in [1.29, 1.82) is 0 Å². The average molecular weight is 332 g/mol. The second-order valence-corrected chi connectivity index (χ2v) is 7.29. The van der Waals surface area contributed by atoms with E-state index in [1.807, 2.05) is 13.1 Å². The number of aliphatic hydroxyl groups excluding tert-OH is 1. The Morgan fingerprint density at radius 2 is 1.87 bits per heavy atom. The van der Waals surface area contributed by atoms with Crippen molar-refractivity contribution in [2.75, 3.05) is 5.32 Å². The monoisotopic (exact) mass is 332 g/mol. The van der Waals surface area contributed by atoms with E-state index in [4.69, 9.17) is 5.11 Å². The van der Waals surface area contributed by atoms with Gasteiger partial charge in [0, 0.05) is 16.8 Å². The maximum atomic E-state index is 12.4. The smallest absolute Gasteiger partial charge is 0.234 e. The van der Waals surface area contributed by atoms with E-state index in [2.05, 4.69) is 31.1 Å². The first kappa shape index (κ1) is 17.6. The maximum absolute atomic E-state index is 12.4. The number of thiazole rings is 1. The van der Waals surface area contributed by atoms with Gasteiger partial charge in [0.25, 0.3) is 0 Å². The van der Waals surface area contributed by atoms with Crippen LogP contribution >= 0.6 is 11.3 Å². The van der Waals surface area contributed by atoms with Crippen LogP contribution in [0.4, 0.5) is 5.69 Å². The molecule has 2 aromatic rings. The van der Waals surface area contributed by atoms with Crippen LogP contribution in [-0.2, 0) is 11.4 Å². The van der Waals surface area contributed by atoms with Gasteiger partial charge in [0.05, 0.1) is 12.5 Å². The third-order valence-electron chi connectivity index (χ3n) is 4.16. The van der Waals surface area contributed by atoms with Gasteiger partial charge in [-0.3, -0.25) is 4.79 Å². The van der Waals surface area contributed by atoms with Crippen molar-refractivity contribution in [3.63, 3.8) is 0 Å². The fourth-order valence-electron chi connectivity index (χ4n) is 2.10. The second-order valence-electron chi connectivity index (χ2n) is 6.20. The molecule has 124 valence electrons. The van der Waals surface area contributed by atoms with Crippen LogP contribution in [0.3, 0.4) is 0 Å². The lowest BCUT2D eigenvalue weighted by atomic mass is 9.97. The molecule has 23 heavy (non-hydrogen) atoms. The minimum absolute atomic E-state index is 0.000553. The highest BCUT2D eigenvalue weighted by atomic mass is 32.1. The van der Waals surface area contributed by atoms with Crippen molar-refractivity contribution in [3.05, 3.63) is 45.9 Å². The summed E-state index contributed by atoms with van der Waals surface area (Å²) in [7, 11) is 0. The normalized spacial score (nSPS) is 13.8. The Hall–Kier alpha value is -1.72. The molecule has 0 saturated heterocycles. The van der Waals surface area contributed by atoms with Gasteiger partial charge in [0.1, 0.15) is 5.01 Å². The fraction of sp³-hybridized carbons (Fsp3) is 0.444. The van der Waals surface area contributed by atoms with E-state index in [0.717, 1.165) is 16.3 Å². The molecule has 0 aliphatic heterocycles. The van der Waals surface area contributed by atoms with Crippen molar-refractivity contribution in [1.82, 2.24) is 4.98 Å². The number of benzene rings is 1. The zero-order chi connectivity index (χ0) is 17.0. The minimum Gasteiger partial charge on any atom is -0.392 e. The largest absolute Gasteiger partial charge is 0.392 e. The van der Waals surface area contributed by atoms with Crippen molar-refractivity contribution in [3.8, 4) is 0 Å². The van der Waals surface area contributed by atoms with Gasteiger partial charge in [-0.25, -0.2) is 4.98 Å². The fourth-order valence-corrected chi connectivity index (χ4v) is 3.29. The van der Waals surface area contributed by atoms with Crippen LogP contribution in [0.2, 0.25) is 0 Å². The van der Waals surface area contributed by atoms with E-state index >= 15 is 0 Å². The van der Waals surface area contributed by atoms with Gasteiger partial charge in [0.2, 0.25) is 5.91 Å². The molecule has 2 rings (SSSR count). The molecule has 1 aromatic heterocycles. The van der Waals surface area contributed by atoms with Crippen LogP contribution in [0.1, 0.15) is 55.0 Å². The minimum atomic E-state index is -0.286. The van der Waals surface area contributed by atoms with Crippen LogP contribution in [0.5, 0.6) is 0 Å². The number of anilines is 1. The molecule has 5 heteroatoms. The van der Waals surface area contributed by atoms with Crippen molar-refractivity contribution in [2.24, 2.45) is 5.92 Å². The topological polar surface area (TPSA) is 62.2 Å². The van der Waals surface area contributed by atoms with E-state index < -0.39 is 0 Å². The lowest BCUT2D eigenvalue weighted by molar-refractivity contribution is -0.117. The Kier molecular flexibility index (Phi) is 5.91. The van der Waals surface area contributed by atoms with Gasteiger partial charge < -0.3 is 10.4 Å². The van der Waals surface area contributed by atoms with Crippen LogP contribution in [0.25, 0.3) is 0 Å². The van der Waals surface area contributed by atoms with Gasteiger partial charge in [-0.15, -0.1) is 11.3 Å². The van der Waals surface area contributed by atoms with E-state index in [1.165, 1.54) is 4.88 Å². The van der Waals surface area contributed by atoms with Gasteiger partial charge in [0.15, 0.2) is 0 Å². The number of hydrogen-bond acceptors (Lipinski definition) is 4. The Morgan fingerprint density at radius 1 is 1.22 bits per heavy atom. The molecule has 0 spiro atoms. The van der Waals surface area contributed by atoms with Crippen LogP contribution in [0.15, 0.2) is 30.5 Å². The first-order chi connectivity index (χ1) is 10.9. The number of hydrogen-bond donors (Lipinski definition) is 2. The summed E-state index contributed by atoms with van der Waals surface area (Å²) in [4.78, 5) is 18.0. The highest BCUT2D eigenvalue weighted by Crippen LogP contribution is 2.31. The van der Waals surface area contributed by atoms with Crippen molar-refractivity contribution in [2.45, 2.75) is 46.1 Å². The number of carbonyl (C=O) groups excluding carboxylic acids is 1. The molecule has 0 bridgehead atoms. The van der Waals surface area contributed by atoms with E-state index in [-0.39, 0.29) is 18.4 Å². The summed E-state index contributed by atoms with van der Waals surface area (Å²) >= 11 is 1.62. The number of amides is 1. The summed E-state index contributed by atoms with van der Waals surface area (Å²) in [5.74, 6) is 0.644. The predicted octanol–water partition coefficient (Wildman–Crippen LogP) is 4.14. The summed E-state index contributed by atoms with van der Waals surface area (Å²) in [5, 5.41) is 12.8. The quantitative estimate of drug-likeness (QED) is 0.836. The van der Waals surface area contributed by atoms with Gasteiger partial charge >= 0.3 is 0 Å². The Bertz CT molecular complexity index is 649. The standard InChI is InChI=1S/C18H24N2O2S/c1-11(2)12(3)16-9-19-18(23-16)13(4)17(22)20-15-7-5-14(10-21)6-8-15/h5-9,11-13,21H,10H2,1-4H3,(H,20,22)/t12-,13?/m0/s1. The molecule has 1 amide bonds. The maximum Gasteiger partial charge on any atom is 0.234 e. The summed E-state index contributed by atoms with van der Waals surface area (Å²) in [6, 6.07) is 7.19. The third-order valence-corrected chi connectivity index (χ3v) is 5.54. The number of aromatic nitrogens is 1. The molecule has 0 saturated carbocycles. The lowest BCUT2D eigenvalue weighted by Gasteiger charge is -2.13. The Labute approximate surface area is 141 Å². The van der Waals surface area contributed by atoms with Crippen LogP contribution in [-0.4, -0.2) is 16.0 Å². The van der Waals surface area contributed by atoms with Crippen molar-refractivity contribution < 1.29 is 9.90 Å². The summed E-state index contributed by atoms with van der Waals surface area (Å²) in [6.07, 6.45) is 1.89. The molecule has 2 atom stereocenters. The molecule has 2 N–H and O–H groups in total. The Morgan fingerprint density at radius 3 is 2.43 bits per heavy atom. The third kappa shape index (κ3) is 4.39. The SMILES string of the molecule is CC(C(=O)Nc1ccc(CO)cc1)c1ncc([C@@H](C)C(C)C)s1. The molecule has 4 nitrogen and oxygen atoms in total. The Balaban J connectivity index is 2.04. The zero-order valence-electron chi connectivity index (χ0n) is 14.0. The van der Waals surface area contributed by atoms with Gasteiger partial charge in [-0.05, 0) is 36.5 Å². The molecule has 0 aliphatic rings. The van der Waals surface area contributed by atoms with Crippen molar-refractivity contribution >= 4 is 22.9 Å². The molecule has 1 aromatic carbocycles. The molecule has 0 radical (unpaired) electrons. The predicted molar refractivity (Wildman–Crippen MR) is 94.8 cm³/mol. The number of carbonyl (C=O) groups is 1. The molecule has 1 unspecified atom stereocenters. The summed E-state index contributed by atoms with van der Waals surface area (Å²) in [6.45, 7) is 8.45. The average Bonchev–Trinajstić information content (AvgIpc) is 3.03. The first-order valence-corrected chi connectivity index (χ1v) is 8.70. The van der Waals surface area contributed by atoms with E-state index in [1.54, 1.807) is 35.6 Å². The lowest BCUT2D eigenvalue weighted by Crippen LogP contribution is -2.18. The molecule has 0 fully saturated rings. The number of aliphatic hydroxyl groups is 1. The molecule has 0 aliphatic carbocycles. The van der Waals surface area contributed by atoms with Crippen LogP contribution < -0.4 is 5.32 Å². The summed E-state index contributed by atoms with van der Waals surface area (Å²) in [5.41, 5.74) is 1.55. The molecular weight excluding hydrogens is 308 g/mol. The van der Waals surface area contributed by atoms with E-state index in [9.17, 15) is 4.79 Å². The number of nitrogens with zero attached hydrogens (tertiary/aromatic N) is 1. The van der Waals surface area contributed by atoms with Gasteiger partial charge in [-0.1, -0.05) is 32.9 Å². The van der Waals surface area contributed by atoms with E-state index in [0.29, 0.717) is 11.8 Å². The molecular formula is C18H24N2O2S. The second kappa shape index (κ2) is 7.70. The van der Waals surface area contributed by atoms with Gasteiger partial charge in [-0.2, -0.15) is 0 Å². The number of rotatable bonds is 6. The number of nitrogens with one attached hydrogen (secondary N) is 1. The zero-order valence-corrected chi connectivity index (χ0v) is 14.9. The molecule has 1 heterocycles. The highest BCUT2D eigenvalue weighted by Gasteiger charge is 2.21.